The molecule has 0 heterocycles. The lowest BCUT2D eigenvalue weighted by atomic mass is 10.1. The molecule has 1 aliphatic rings. The summed E-state index contributed by atoms with van der Waals surface area (Å²) in [5.41, 5.74) is 3.16. The largest absolute Gasteiger partial charge is 0.479 e. The molecule has 1 rings (SSSR count). The Hall–Kier alpha value is -1.08. The van der Waals surface area contributed by atoms with Crippen LogP contribution in [0.5, 0.6) is 0 Å². The number of carboxylic acids is 1. The van der Waals surface area contributed by atoms with Crippen molar-refractivity contribution < 1.29 is 9.90 Å². The fourth-order valence-electron chi connectivity index (χ4n) is 0.214. The van der Waals surface area contributed by atoms with Crippen molar-refractivity contribution in [2.45, 2.75) is 32.2 Å². The quantitative estimate of drug-likeness (QED) is 0.607. The van der Waals surface area contributed by atoms with Crippen molar-refractivity contribution in [1.29, 1.82) is 5.26 Å². The zero-order chi connectivity index (χ0) is 9.78. The molecule has 12 heavy (non-hydrogen) atoms. The molecule has 0 bridgehead atoms. The Morgan fingerprint density at radius 1 is 1.75 bits per heavy atom. The Morgan fingerprint density at radius 2 is 2.08 bits per heavy atom. The lowest BCUT2D eigenvalue weighted by Gasteiger charge is -2.05. The van der Waals surface area contributed by atoms with Crippen molar-refractivity contribution in [3.63, 3.8) is 0 Å². The molecule has 0 spiro atoms. The van der Waals surface area contributed by atoms with Crippen LogP contribution in [0.15, 0.2) is 0 Å². The van der Waals surface area contributed by atoms with Gasteiger partial charge < -0.3 is 10.8 Å². The normalized spacial score (nSPS) is 19.5. The highest BCUT2D eigenvalue weighted by atomic mass is 16.4. The van der Waals surface area contributed by atoms with Crippen LogP contribution in [0.3, 0.4) is 0 Å². The van der Waals surface area contributed by atoms with Crippen LogP contribution in [-0.2, 0) is 4.79 Å². The van der Waals surface area contributed by atoms with E-state index in [1.807, 2.05) is 0 Å². The number of nitrogens with two attached hydrogens (primary N) is 1. The average Bonchev–Trinajstić information content (AvgIpc) is 2.73. The van der Waals surface area contributed by atoms with Crippen LogP contribution in [0.4, 0.5) is 0 Å². The van der Waals surface area contributed by atoms with Crippen LogP contribution in [0.25, 0.3) is 0 Å². The van der Waals surface area contributed by atoms with Crippen LogP contribution in [0, 0.1) is 17.2 Å². The number of hydrogen-bond donors (Lipinski definition) is 2. The number of nitriles is 1. The molecule has 0 aliphatic heterocycles. The van der Waals surface area contributed by atoms with Gasteiger partial charge in [0.2, 0.25) is 0 Å². The Morgan fingerprint density at radius 3 is 2.08 bits per heavy atom. The lowest BCUT2D eigenvalue weighted by molar-refractivity contribution is -0.140. The first kappa shape index (κ1) is 10.9. The minimum atomic E-state index is -1.74. The van der Waals surface area contributed by atoms with Gasteiger partial charge in [0.25, 0.3) is 0 Å². The minimum Gasteiger partial charge on any atom is -0.479 e. The highest BCUT2D eigenvalue weighted by Gasteiger charge is 2.26. The van der Waals surface area contributed by atoms with Gasteiger partial charge in [-0.05, 0) is 12.8 Å². The SMILES string of the molecule is CC(N)(C#N)C(=O)O.CC1CC1. The Kier molecular flexibility index (Phi) is 3.71. The molecule has 4 nitrogen and oxygen atoms in total. The van der Waals surface area contributed by atoms with E-state index in [2.05, 4.69) is 6.92 Å². The van der Waals surface area contributed by atoms with E-state index < -0.39 is 11.5 Å². The van der Waals surface area contributed by atoms with Gasteiger partial charge in [-0.2, -0.15) is 5.26 Å². The fourth-order valence-corrected chi connectivity index (χ4v) is 0.214. The number of carboxylic acid groups (broad SMARTS) is 1. The molecule has 1 saturated carbocycles. The Balaban J connectivity index is 0.000000247. The smallest absolute Gasteiger partial charge is 0.338 e. The average molecular weight is 170 g/mol. The molecule has 0 saturated heterocycles. The van der Waals surface area contributed by atoms with Gasteiger partial charge in [0.15, 0.2) is 5.54 Å². The second-order valence-corrected chi connectivity index (χ2v) is 3.30. The maximum absolute atomic E-state index is 9.90. The molecule has 0 aromatic heterocycles. The summed E-state index contributed by atoms with van der Waals surface area (Å²) in [5.74, 6) is -0.222. The minimum absolute atomic E-state index is 1.08. The predicted molar refractivity (Wildman–Crippen MR) is 44.2 cm³/mol. The van der Waals surface area contributed by atoms with E-state index in [9.17, 15) is 4.79 Å². The highest BCUT2D eigenvalue weighted by molar-refractivity contribution is 5.81. The molecule has 1 unspecified atom stereocenters. The lowest BCUT2D eigenvalue weighted by Crippen LogP contribution is -2.42. The van der Waals surface area contributed by atoms with Gasteiger partial charge in [-0.3, -0.25) is 0 Å². The van der Waals surface area contributed by atoms with Gasteiger partial charge in [0.1, 0.15) is 0 Å². The maximum Gasteiger partial charge on any atom is 0.338 e. The molecular formula is C8H14N2O2. The van der Waals surface area contributed by atoms with Crippen molar-refractivity contribution >= 4 is 5.97 Å². The van der Waals surface area contributed by atoms with E-state index in [1.165, 1.54) is 18.9 Å². The van der Waals surface area contributed by atoms with Crippen LogP contribution in [-0.4, -0.2) is 16.6 Å². The monoisotopic (exact) mass is 170 g/mol. The molecule has 1 atom stereocenters. The van der Waals surface area contributed by atoms with E-state index in [4.69, 9.17) is 16.1 Å². The van der Waals surface area contributed by atoms with E-state index in [-0.39, 0.29) is 0 Å². The van der Waals surface area contributed by atoms with E-state index in [0.29, 0.717) is 0 Å². The van der Waals surface area contributed by atoms with Gasteiger partial charge >= 0.3 is 5.97 Å². The second-order valence-electron chi connectivity index (χ2n) is 3.30. The third kappa shape index (κ3) is 4.69. The van der Waals surface area contributed by atoms with E-state index in [1.54, 1.807) is 0 Å². The number of hydrogen-bond acceptors (Lipinski definition) is 3. The van der Waals surface area contributed by atoms with Gasteiger partial charge in [0, 0.05) is 0 Å². The summed E-state index contributed by atoms with van der Waals surface area (Å²) in [6.07, 6.45) is 2.97. The summed E-state index contributed by atoms with van der Waals surface area (Å²) < 4.78 is 0. The van der Waals surface area contributed by atoms with Crippen LogP contribution in [0.1, 0.15) is 26.7 Å². The molecule has 1 fully saturated rings. The molecule has 1 aliphatic carbocycles. The van der Waals surface area contributed by atoms with Crippen LogP contribution >= 0.6 is 0 Å². The molecular weight excluding hydrogens is 156 g/mol. The number of aliphatic carboxylic acids is 1. The summed E-state index contributed by atoms with van der Waals surface area (Å²) in [6.45, 7) is 3.41. The van der Waals surface area contributed by atoms with Crippen LogP contribution in [0.2, 0.25) is 0 Å². The molecule has 0 radical (unpaired) electrons. The molecule has 4 heteroatoms. The highest BCUT2D eigenvalue weighted by Crippen LogP contribution is 2.26. The first-order valence-corrected chi connectivity index (χ1v) is 3.83. The predicted octanol–water partition coefficient (Wildman–Crippen LogP) is 0.728. The van der Waals surface area contributed by atoms with E-state index in [0.717, 1.165) is 12.8 Å². The van der Waals surface area contributed by atoms with Crippen molar-refractivity contribution in [3.8, 4) is 6.07 Å². The van der Waals surface area contributed by atoms with Gasteiger partial charge in [-0.25, -0.2) is 4.79 Å². The topological polar surface area (TPSA) is 87.1 Å². The third-order valence-corrected chi connectivity index (χ3v) is 1.54. The first-order valence-electron chi connectivity index (χ1n) is 3.83. The number of nitrogens with zero attached hydrogens (tertiary/aromatic N) is 1. The Labute approximate surface area is 72.0 Å². The van der Waals surface area contributed by atoms with Gasteiger partial charge in [0.05, 0.1) is 6.07 Å². The van der Waals surface area contributed by atoms with Gasteiger partial charge in [-0.15, -0.1) is 0 Å². The summed E-state index contributed by atoms with van der Waals surface area (Å²) in [7, 11) is 0. The second kappa shape index (κ2) is 4.07. The molecule has 68 valence electrons. The standard InChI is InChI=1S/C4H6N2O2.C4H8/c1-4(6,2-5)3(7)8;1-4-2-3-4/h6H2,1H3,(H,7,8);4H,2-3H2,1H3. The summed E-state index contributed by atoms with van der Waals surface area (Å²) >= 11 is 0. The van der Waals surface area contributed by atoms with Crippen molar-refractivity contribution in [3.05, 3.63) is 0 Å². The number of carbonyl (C=O) groups is 1. The summed E-state index contributed by atoms with van der Waals surface area (Å²) in [4.78, 5) is 9.90. The molecule has 3 N–H and O–H groups in total. The zero-order valence-corrected chi connectivity index (χ0v) is 7.37. The van der Waals surface area contributed by atoms with Crippen molar-refractivity contribution in [2.75, 3.05) is 0 Å². The first-order chi connectivity index (χ1) is 5.40. The Bertz CT molecular complexity index is 202. The zero-order valence-electron chi connectivity index (χ0n) is 7.37. The molecule has 0 aromatic rings. The van der Waals surface area contributed by atoms with Crippen LogP contribution < -0.4 is 5.73 Å². The maximum atomic E-state index is 9.90. The third-order valence-electron chi connectivity index (χ3n) is 1.54. The molecule has 0 aromatic carbocycles. The summed E-state index contributed by atoms with van der Waals surface area (Å²) in [6, 6.07) is 1.42. The van der Waals surface area contributed by atoms with Gasteiger partial charge in [-0.1, -0.05) is 19.8 Å². The number of rotatable bonds is 1. The fraction of sp³-hybridized carbons (Fsp3) is 0.750. The van der Waals surface area contributed by atoms with Crippen molar-refractivity contribution in [2.24, 2.45) is 11.7 Å². The van der Waals surface area contributed by atoms with E-state index >= 15 is 0 Å². The molecule has 0 amide bonds. The summed E-state index contributed by atoms with van der Waals surface area (Å²) in [5, 5.41) is 16.1. The van der Waals surface area contributed by atoms with Crippen molar-refractivity contribution in [1.82, 2.24) is 0 Å².